The fraction of sp³-hybridized carbons (Fsp3) is 0.400. The topological polar surface area (TPSA) is 187 Å². The van der Waals surface area contributed by atoms with Crippen LogP contribution in [0.25, 0.3) is 0 Å². The lowest BCUT2D eigenvalue weighted by atomic mass is 10.0. The molecule has 0 bridgehead atoms. The van der Waals surface area contributed by atoms with Gasteiger partial charge in [-0.3, -0.25) is 28.8 Å². The summed E-state index contributed by atoms with van der Waals surface area (Å²) in [5.74, 6) is -6.21. The number of nitrogens with two attached hydrogens (primary N) is 1. The first-order valence-electron chi connectivity index (χ1n) is 9.73. The Hall–Kier alpha value is -3.96. The Morgan fingerprint density at radius 1 is 1.06 bits per heavy atom. The summed E-state index contributed by atoms with van der Waals surface area (Å²) in [4.78, 5) is 74.3. The van der Waals surface area contributed by atoms with E-state index in [2.05, 4.69) is 5.32 Å². The highest BCUT2D eigenvalue weighted by atomic mass is 16.4. The van der Waals surface area contributed by atoms with Crippen molar-refractivity contribution in [3.8, 4) is 0 Å². The number of hydrogen-bond acceptors (Lipinski definition) is 6. The summed E-state index contributed by atoms with van der Waals surface area (Å²) >= 11 is 0. The van der Waals surface area contributed by atoms with Crippen molar-refractivity contribution in [2.75, 3.05) is 19.6 Å². The monoisotopic (exact) mass is 448 g/mol. The molecule has 0 saturated carbocycles. The predicted octanol–water partition coefficient (Wildman–Crippen LogP) is -1.81. The van der Waals surface area contributed by atoms with Crippen LogP contribution < -0.4 is 11.1 Å². The average molecular weight is 448 g/mol. The van der Waals surface area contributed by atoms with Gasteiger partial charge in [0.25, 0.3) is 0 Å². The van der Waals surface area contributed by atoms with Crippen LogP contribution in [-0.2, 0) is 35.2 Å². The molecule has 1 aliphatic rings. The van der Waals surface area contributed by atoms with E-state index in [1.807, 2.05) is 0 Å². The van der Waals surface area contributed by atoms with Gasteiger partial charge in [0.15, 0.2) is 0 Å². The molecule has 0 radical (unpaired) electrons. The number of carbonyl (C=O) groups excluding carboxylic acids is 4. The van der Waals surface area contributed by atoms with Gasteiger partial charge in [0.2, 0.25) is 23.6 Å². The number of carboxylic acids is 2. The van der Waals surface area contributed by atoms with Crippen molar-refractivity contribution in [3.05, 3.63) is 35.9 Å². The maximum Gasteiger partial charge on any atom is 0.323 e. The van der Waals surface area contributed by atoms with Crippen LogP contribution >= 0.6 is 0 Å². The van der Waals surface area contributed by atoms with Gasteiger partial charge < -0.3 is 31.1 Å². The summed E-state index contributed by atoms with van der Waals surface area (Å²) in [5.41, 5.74) is 6.22. The number of rotatable bonds is 8. The van der Waals surface area contributed by atoms with Gasteiger partial charge >= 0.3 is 11.9 Å². The molecule has 0 aliphatic carbocycles. The third kappa shape index (κ3) is 6.79. The van der Waals surface area contributed by atoms with E-state index in [0.717, 1.165) is 9.80 Å². The van der Waals surface area contributed by atoms with Gasteiger partial charge in [-0.25, -0.2) is 0 Å². The van der Waals surface area contributed by atoms with Gasteiger partial charge in [0.05, 0.1) is 6.42 Å². The summed E-state index contributed by atoms with van der Waals surface area (Å²) in [6, 6.07) is 6.02. The van der Waals surface area contributed by atoms with Crippen molar-refractivity contribution in [2.45, 2.75) is 31.3 Å². The Balaban J connectivity index is 2.36. The zero-order chi connectivity index (χ0) is 23.8. The molecule has 0 spiro atoms. The van der Waals surface area contributed by atoms with Crippen molar-refractivity contribution >= 4 is 35.6 Å². The number of nitrogens with one attached hydrogen (secondary N) is 1. The molecule has 1 heterocycles. The summed E-state index contributed by atoms with van der Waals surface area (Å²) in [6.45, 7) is -1.36. The van der Waals surface area contributed by atoms with Crippen LogP contribution in [0.15, 0.2) is 30.3 Å². The van der Waals surface area contributed by atoms with E-state index in [4.69, 9.17) is 15.9 Å². The first-order valence-corrected chi connectivity index (χ1v) is 9.73. The molecular weight excluding hydrogens is 424 g/mol. The fourth-order valence-electron chi connectivity index (χ4n) is 3.39. The summed E-state index contributed by atoms with van der Waals surface area (Å²) in [6.07, 6.45) is -1.46. The number of aliphatic carboxylic acids is 2. The molecule has 4 amide bonds. The fourth-order valence-corrected chi connectivity index (χ4v) is 3.39. The Morgan fingerprint density at radius 2 is 1.72 bits per heavy atom. The smallest absolute Gasteiger partial charge is 0.323 e. The number of amides is 4. The van der Waals surface area contributed by atoms with Crippen molar-refractivity contribution in [2.24, 2.45) is 5.73 Å². The molecular formula is C20H24N4O8. The Bertz CT molecular complexity index is 904. The molecule has 0 unspecified atom stereocenters. The standard InChI is InChI=1S/C20H24N4O8/c21-19(31)14(8-12-4-2-1-3-5-12)24-7-6-23(11-18(29)30)20(32)13(9-17(27)28)22-15(25)10-16(24)26/h1-5,13-14H,6-11H2,(H2,21,31)(H,22,25)(H,27,28)(H,29,30)/t13-,14-/m0/s1. The van der Waals surface area contributed by atoms with Gasteiger partial charge in [-0.05, 0) is 5.56 Å². The van der Waals surface area contributed by atoms with Crippen molar-refractivity contribution < 1.29 is 39.0 Å². The maximum absolute atomic E-state index is 12.8. The van der Waals surface area contributed by atoms with Crippen LogP contribution in [0.2, 0.25) is 0 Å². The zero-order valence-corrected chi connectivity index (χ0v) is 17.1. The second-order valence-corrected chi connectivity index (χ2v) is 7.24. The maximum atomic E-state index is 12.8. The summed E-state index contributed by atoms with van der Waals surface area (Å²) in [5, 5.41) is 20.4. The molecule has 1 aromatic rings. The van der Waals surface area contributed by atoms with E-state index in [-0.39, 0.29) is 19.5 Å². The highest BCUT2D eigenvalue weighted by molar-refractivity contribution is 6.01. The number of carbonyl (C=O) groups is 6. The Kier molecular flexibility index (Phi) is 8.27. The van der Waals surface area contributed by atoms with E-state index in [1.54, 1.807) is 30.3 Å². The van der Waals surface area contributed by atoms with Gasteiger partial charge in [0, 0.05) is 19.5 Å². The van der Waals surface area contributed by atoms with E-state index in [9.17, 15) is 28.8 Å². The van der Waals surface area contributed by atoms with Crippen LogP contribution in [0.4, 0.5) is 0 Å². The quantitative estimate of drug-likeness (QED) is 0.335. The number of hydrogen-bond donors (Lipinski definition) is 4. The first kappa shape index (κ1) is 24.3. The number of primary amides is 1. The van der Waals surface area contributed by atoms with Crippen LogP contribution in [-0.4, -0.2) is 87.3 Å². The van der Waals surface area contributed by atoms with Gasteiger partial charge in [0.1, 0.15) is 25.0 Å². The normalized spacial score (nSPS) is 18.6. The van der Waals surface area contributed by atoms with Crippen molar-refractivity contribution in [1.29, 1.82) is 0 Å². The molecule has 0 aromatic heterocycles. The average Bonchev–Trinajstić information content (AvgIpc) is 2.70. The lowest BCUT2D eigenvalue weighted by Crippen LogP contribution is -2.57. The van der Waals surface area contributed by atoms with Crippen molar-refractivity contribution in [3.63, 3.8) is 0 Å². The molecule has 12 heteroatoms. The molecule has 172 valence electrons. The molecule has 1 aromatic carbocycles. The minimum Gasteiger partial charge on any atom is -0.481 e. The molecule has 1 saturated heterocycles. The SMILES string of the molecule is NC(=O)[C@H](Cc1ccccc1)N1CCN(CC(=O)O)C(=O)[C@H](CC(=O)O)NC(=O)CC1=O. The first-order chi connectivity index (χ1) is 15.1. The number of carboxylic acid groups (broad SMARTS) is 2. The third-order valence-corrected chi connectivity index (χ3v) is 4.87. The van der Waals surface area contributed by atoms with E-state index < -0.39 is 67.0 Å². The Labute approximate surface area is 183 Å². The molecule has 2 rings (SSSR count). The van der Waals surface area contributed by atoms with E-state index >= 15 is 0 Å². The molecule has 12 nitrogen and oxygen atoms in total. The van der Waals surface area contributed by atoms with Gasteiger partial charge in [-0.15, -0.1) is 0 Å². The summed E-state index contributed by atoms with van der Waals surface area (Å²) in [7, 11) is 0. The van der Waals surface area contributed by atoms with Gasteiger partial charge in [-0.2, -0.15) is 0 Å². The minimum absolute atomic E-state index is 0.0536. The van der Waals surface area contributed by atoms with Crippen LogP contribution in [0.1, 0.15) is 18.4 Å². The Morgan fingerprint density at radius 3 is 2.28 bits per heavy atom. The number of benzene rings is 1. The highest BCUT2D eigenvalue weighted by Gasteiger charge is 2.35. The third-order valence-electron chi connectivity index (χ3n) is 4.87. The van der Waals surface area contributed by atoms with Crippen LogP contribution in [0.5, 0.6) is 0 Å². The largest absolute Gasteiger partial charge is 0.481 e. The summed E-state index contributed by atoms with van der Waals surface area (Å²) < 4.78 is 0. The number of nitrogens with zero attached hydrogens (tertiary/aromatic N) is 2. The van der Waals surface area contributed by atoms with Crippen LogP contribution in [0, 0.1) is 0 Å². The van der Waals surface area contributed by atoms with E-state index in [1.165, 1.54) is 0 Å². The molecule has 1 aliphatic heterocycles. The molecule has 2 atom stereocenters. The second kappa shape index (κ2) is 10.9. The highest BCUT2D eigenvalue weighted by Crippen LogP contribution is 2.13. The minimum atomic E-state index is -1.53. The van der Waals surface area contributed by atoms with Crippen LogP contribution in [0.3, 0.4) is 0 Å². The van der Waals surface area contributed by atoms with E-state index in [0.29, 0.717) is 5.56 Å². The molecule has 32 heavy (non-hydrogen) atoms. The lowest BCUT2D eigenvalue weighted by Gasteiger charge is -2.34. The second-order valence-electron chi connectivity index (χ2n) is 7.24. The molecule has 5 N–H and O–H groups in total. The van der Waals surface area contributed by atoms with Gasteiger partial charge in [-0.1, -0.05) is 30.3 Å². The zero-order valence-electron chi connectivity index (χ0n) is 17.1. The predicted molar refractivity (Wildman–Crippen MR) is 108 cm³/mol. The van der Waals surface area contributed by atoms with Crippen molar-refractivity contribution in [1.82, 2.24) is 15.1 Å². The lowest BCUT2D eigenvalue weighted by molar-refractivity contribution is -0.150. The molecule has 1 fully saturated rings.